The predicted octanol–water partition coefficient (Wildman–Crippen LogP) is 3.92. The van der Waals surface area contributed by atoms with Gasteiger partial charge in [0.2, 0.25) is 0 Å². The van der Waals surface area contributed by atoms with Gasteiger partial charge in [0.05, 0.1) is 11.1 Å². The molecule has 3 rings (SSSR count). The number of nitrogens with one attached hydrogen (secondary N) is 2. The van der Waals surface area contributed by atoms with Crippen molar-refractivity contribution in [2.24, 2.45) is 0 Å². The highest BCUT2D eigenvalue weighted by Crippen LogP contribution is 2.32. The van der Waals surface area contributed by atoms with Gasteiger partial charge in [-0.25, -0.2) is 4.39 Å². The smallest absolute Gasteiger partial charge is 0.147 e. The van der Waals surface area contributed by atoms with Gasteiger partial charge in [0.15, 0.2) is 0 Å². The maximum atomic E-state index is 14.4. The molecule has 0 saturated carbocycles. The predicted molar refractivity (Wildman–Crippen MR) is 89.8 cm³/mol. The Hall–Kier alpha value is -2.64. The van der Waals surface area contributed by atoms with Gasteiger partial charge >= 0.3 is 0 Å². The molecule has 0 aliphatic heterocycles. The summed E-state index contributed by atoms with van der Waals surface area (Å²) < 4.78 is 14.4. The first kappa shape index (κ1) is 15.3. The molecule has 4 heteroatoms. The van der Waals surface area contributed by atoms with Crippen LogP contribution in [-0.4, -0.2) is 18.6 Å². The van der Waals surface area contributed by atoms with Crippen LogP contribution in [0.25, 0.3) is 10.9 Å². The number of benzene rings is 2. The average molecular weight is 307 g/mol. The Morgan fingerprint density at radius 3 is 2.70 bits per heavy atom. The van der Waals surface area contributed by atoms with E-state index in [2.05, 4.69) is 28.5 Å². The summed E-state index contributed by atoms with van der Waals surface area (Å²) in [7, 11) is 1.91. The van der Waals surface area contributed by atoms with E-state index in [1.807, 2.05) is 31.3 Å². The largest absolute Gasteiger partial charge is 0.357 e. The lowest BCUT2D eigenvalue weighted by atomic mass is 9.87. The highest BCUT2D eigenvalue weighted by atomic mass is 19.1. The van der Waals surface area contributed by atoms with Crippen LogP contribution in [-0.2, 0) is 0 Å². The molecule has 1 atom stereocenters. The fraction of sp³-hybridized carbons (Fsp3) is 0.211. The Balaban J connectivity index is 2.12. The summed E-state index contributed by atoms with van der Waals surface area (Å²) in [6.45, 7) is 0.831. The number of fused-ring (bicyclic) bond motifs is 1. The van der Waals surface area contributed by atoms with E-state index in [0.717, 1.165) is 24.1 Å². The molecule has 116 valence electrons. The standard InChI is InChI=1S/C19H18FN3/c1-22-8-7-16(13-5-3-2-4-6-13)14-9-17-15(11-21)12-23-19(17)18(20)10-14/h2-6,9-10,12,16,22-23H,7-8H2,1H3/t16-/m1/s1. The SMILES string of the molecule is CNCC[C@H](c1ccccc1)c1cc(F)c2[nH]cc(C#N)c2c1. The number of H-pyrrole nitrogens is 1. The zero-order valence-electron chi connectivity index (χ0n) is 12.9. The molecule has 2 aromatic carbocycles. The third-order valence-corrected chi connectivity index (χ3v) is 4.17. The second kappa shape index (κ2) is 6.64. The normalized spacial score (nSPS) is 12.2. The van der Waals surface area contributed by atoms with E-state index in [9.17, 15) is 9.65 Å². The van der Waals surface area contributed by atoms with Gasteiger partial charge in [-0.2, -0.15) is 5.26 Å². The fourth-order valence-electron chi connectivity index (χ4n) is 3.00. The van der Waals surface area contributed by atoms with Crippen molar-refractivity contribution in [2.45, 2.75) is 12.3 Å². The fourth-order valence-corrected chi connectivity index (χ4v) is 3.00. The van der Waals surface area contributed by atoms with Gasteiger partial charge in [-0.05, 0) is 43.3 Å². The van der Waals surface area contributed by atoms with Gasteiger partial charge in [-0.15, -0.1) is 0 Å². The molecule has 0 aliphatic rings. The van der Waals surface area contributed by atoms with Crippen molar-refractivity contribution in [3.63, 3.8) is 0 Å². The maximum absolute atomic E-state index is 14.4. The third-order valence-electron chi connectivity index (χ3n) is 4.17. The van der Waals surface area contributed by atoms with Gasteiger partial charge in [-0.1, -0.05) is 30.3 Å². The first-order chi connectivity index (χ1) is 11.2. The van der Waals surface area contributed by atoms with E-state index in [4.69, 9.17) is 0 Å². The molecule has 0 spiro atoms. The van der Waals surface area contributed by atoms with Crippen LogP contribution in [0, 0.1) is 17.1 Å². The summed E-state index contributed by atoms with van der Waals surface area (Å²) in [6.07, 6.45) is 2.42. The summed E-state index contributed by atoms with van der Waals surface area (Å²) in [5.74, 6) is -0.228. The van der Waals surface area contributed by atoms with Crippen LogP contribution in [0.2, 0.25) is 0 Å². The number of hydrogen-bond acceptors (Lipinski definition) is 2. The van der Waals surface area contributed by atoms with Crippen LogP contribution >= 0.6 is 0 Å². The van der Waals surface area contributed by atoms with E-state index in [1.54, 1.807) is 12.3 Å². The molecule has 0 amide bonds. The number of nitriles is 1. The molecule has 2 N–H and O–H groups in total. The van der Waals surface area contributed by atoms with Crippen molar-refractivity contribution in [3.05, 3.63) is 71.2 Å². The van der Waals surface area contributed by atoms with E-state index in [-0.39, 0.29) is 11.7 Å². The molecular formula is C19H18FN3. The number of halogens is 1. The van der Waals surface area contributed by atoms with E-state index >= 15 is 0 Å². The third kappa shape index (κ3) is 2.96. The number of aromatic nitrogens is 1. The molecular weight excluding hydrogens is 289 g/mol. The van der Waals surface area contributed by atoms with Gasteiger partial charge in [-0.3, -0.25) is 0 Å². The number of rotatable bonds is 5. The molecule has 0 unspecified atom stereocenters. The van der Waals surface area contributed by atoms with Crippen molar-refractivity contribution in [1.29, 1.82) is 5.26 Å². The number of nitrogens with zero attached hydrogens (tertiary/aromatic N) is 1. The quantitative estimate of drug-likeness (QED) is 0.750. The molecule has 3 nitrogen and oxygen atoms in total. The maximum Gasteiger partial charge on any atom is 0.147 e. The van der Waals surface area contributed by atoms with Crippen LogP contribution < -0.4 is 5.32 Å². The van der Waals surface area contributed by atoms with Crippen LogP contribution in [0.3, 0.4) is 0 Å². The topological polar surface area (TPSA) is 51.6 Å². The molecule has 23 heavy (non-hydrogen) atoms. The lowest BCUT2D eigenvalue weighted by molar-refractivity contribution is 0.624. The Morgan fingerprint density at radius 2 is 2.00 bits per heavy atom. The second-order valence-electron chi connectivity index (χ2n) is 5.59. The van der Waals surface area contributed by atoms with Crippen LogP contribution in [0.1, 0.15) is 29.0 Å². The molecule has 1 heterocycles. The van der Waals surface area contributed by atoms with E-state index in [0.29, 0.717) is 16.5 Å². The Bertz CT molecular complexity index is 846. The molecule has 0 saturated heterocycles. The summed E-state index contributed by atoms with van der Waals surface area (Å²) in [5.41, 5.74) is 2.91. The van der Waals surface area contributed by atoms with Gasteiger partial charge in [0.1, 0.15) is 11.9 Å². The molecule has 0 bridgehead atoms. The molecule has 3 aromatic rings. The summed E-state index contributed by atoms with van der Waals surface area (Å²) in [4.78, 5) is 2.85. The Kier molecular flexibility index (Phi) is 4.40. The van der Waals surface area contributed by atoms with Crippen molar-refractivity contribution < 1.29 is 4.39 Å². The Morgan fingerprint density at radius 1 is 1.22 bits per heavy atom. The zero-order chi connectivity index (χ0) is 16.2. The number of hydrogen-bond donors (Lipinski definition) is 2. The minimum atomic E-state index is -0.315. The molecule has 0 radical (unpaired) electrons. The summed E-state index contributed by atoms with van der Waals surface area (Å²) in [6, 6.07) is 15.7. The molecule has 0 aliphatic carbocycles. The Labute approximate surface area is 134 Å². The molecule has 1 aromatic heterocycles. The first-order valence-corrected chi connectivity index (χ1v) is 7.64. The van der Waals surface area contributed by atoms with Crippen molar-refractivity contribution in [2.75, 3.05) is 13.6 Å². The number of aromatic amines is 1. The van der Waals surface area contributed by atoms with E-state index < -0.39 is 0 Å². The minimum absolute atomic E-state index is 0.0870. The average Bonchev–Trinajstić information content (AvgIpc) is 3.00. The highest BCUT2D eigenvalue weighted by Gasteiger charge is 2.18. The highest BCUT2D eigenvalue weighted by molar-refractivity contribution is 5.87. The summed E-state index contributed by atoms with van der Waals surface area (Å²) >= 11 is 0. The lowest BCUT2D eigenvalue weighted by Crippen LogP contribution is -2.13. The summed E-state index contributed by atoms with van der Waals surface area (Å²) in [5, 5.41) is 13.0. The van der Waals surface area contributed by atoms with Crippen molar-refractivity contribution in [3.8, 4) is 6.07 Å². The van der Waals surface area contributed by atoms with Crippen molar-refractivity contribution >= 4 is 10.9 Å². The van der Waals surface area contributed by atoms with Gasteiger partial charge in [0.25, 0.3) is 0 Å². The lowest BCUT2D eigenvalue weighted by Gasteiger charge is -2.18. The zero-order valence-corrected chi connectivity index (χ0v) is 12.9. The minimum Gasteiger partial charge on any atom is -0.357 e. The molecule has 0 fully saturated rings. The van der Waals surface area contributed by atoms with Gasteiger partial charge in [0, 0.05) is 17.5 Å². The van der Waals surface area contributed by atoms with Crippen LogP contribution in [0.4, 0.5) is 4.39 Å². The first-order valence-electron chi connectivity index (χ1n) is 7.64. The van der Waals surface area contributed by atoms with E-state index in [1.165, 1.54) is 0 Å². The van der Waals surface area contributed by atoms with Crippen LogP contribution in [0.15, 0.2) is 48.7 Å². The van der Waals surface area contributed by atoms with Gasteiger partial charge < -0.3 is 10.3 Å². The second-order valence-corrected chi connectivity index (χ2v) is 5.59. The monoisotopic (exact) mass is 307 g/mol. The van der Waals surface area contributed by atoms with Crippen LogP contribution in [0.5, 0.6) is 0 Å². The van der Waals surface area contributed by atoms with Crippen molar-refractivity contribution in [1.82, 2.24) is 10.3 Å².